The van der Waals surface area contributed by atoms with Gasteiger partial charge in [0, 0.05) is 63.0 Å². The van der Waals surface area contributed by atoms with Crippen LogP contribution in [0.5, 0.6) is 0 Å². The molecular weight excluding hydrogens is 485 g/mol. The number of aryl methyl sites for hydroxylation is 3. The van der Waals surface area contributed by atoms with Crippen LogP contribution in [0.4, 0.5) is 10.1 Å². The van der Waals surface area contributed by atoms with E-state index in [1.165, 1.54) is 6.07 Å². The molecule has 0 spiro atoms. The first kappa shape index (κ1) is 24.4. The fourth-order valence-corrected chi connectivity index (χ4v) is 5.59. The van der Waals surface area contributed by atoms with Crippen molar-refractivity contribution in [3.05, 3.63) is 58.8 Å². The molecule has 3 aromatic heterocycles. The summed E-state index contributed by atoms with van der Waals surface area (Å²) in [7, 11) is 5.33. The Balaban J connectivity index is 1.66. The molecule has 2 aromatic carbocycles. The number of hydrogen-bond acceptors (Lipinski definition) is 5. The summed E-state index contributed by atoms with van der Waals surface area (Å²) in [6, 6.07) is 7.31. The Labute approximate surface area is 219 Å². The molecule has 9 nitrogen and oxygen atoms in total. The lowest BCUT2D eigenvalue weighted by atomic mass is 9.95. The smallest absolute Gasteiger partial charge is 0.328 e. The van der Waals surface area contributed by atoms with Crippen molar-refractivity contribution in [2.24, 2.45) is 21.1 Å². The second-order valence-corrected chi connectivity index (χ2v) is 11.4. The lowest BCUT2D eigenvalue weighted by molar-refractivity contribution is 0.198. The van der Waals surface area contributed by atoms with Crippen LogP contribution >= 0.6 is 0 Å². The van der Waals surface area contributed by atoms with Gasteiger partial charge in [-0.15, -0.1) is 0 Å². The highest BCUT2D eigenvalue weighted by Gasteiger charge is 2.29. The van der Waals surface area contributed by atoms with Crippen LogP contribution in [0.15, 0.2) is 41.5 Å². The molecule has 0 radical (unpaired) electrons. The minimum Gasteiger partial charge on any atom is -0.391 e. The first-order chi connectivity index (χ1) is 17.9. The van der Waals surface area contributed by atoms with Gasteiger partial charge < -0.3 is 10.0 Å². The first-order valence-corrected chi connectivity index (χ1v) is 12.8. The van der Waals surface area contributed by atoms with E-state index in [1.807, 2.05) is 16.7 Å². The van der Waals surface area contributed by atoms with Crippen molar-refractivity contribution >= 4 is 27.8 Å². The Morgan fingerprint density at radius 2 is 1.82 bits per heavy atom. The minimum atomic E-state index is -0.423. The maximum Gasteiger partial charge on any atom is 0.328 e. The molecule has 1 aliphatic rings. The third-order valence-corrected chi connectivity index (χ3v) is 7.52. The van der Waals surface area contributed by atoms with E-state index >= 15 is 4.39 Å². The highest BCUT2D eigenvalue weighted by Crippen LogP contribution is 2.37. The molecule has 1 unspecified atom stereocenters. The molecule has 1 aliphatic heterocycles. The third-order valence-electron chi connectivity index (χ3n) is 7.52. The van der Waals surface area contributed by atoms with E-state index in [0.29, 0.717) is 41.7 Å². The van der Waals surface area contributed by atoms with Crippen molar-refractivity contribution in [2.75, 3.05) is 18.0 Å². The van der Waals surface area contributed by atoms with Crippen LogP contribution in [0.25, 0.3) is 38.9 Å². The van der Waals surface area contributed by atoms with Crippen LogP contribution in [-0.4, -0.2) is 52.8 Å². The predicted molar refractivity (Wildman–Crippen MR) is 146 cm³/mol. The Hall–Kier alpha value is -3.92. The summed E-state index contributed by atoms with van der Waals surface area (Å²) in [4.78, 5) is 20.1. The molecule has 1 saturated heterocycles. The van der Waals surface area contributed by atoms with E-state index in [1.54, 1.807) is 53.4 Å². The third kappa shape index (κ3) is 3.65. The average Bonchev–Trinajstić information content (AvgIpc) is 3.62. The van der Waals surface area contributed by atoms with Gasteiger partial charge in [-0.05, 0) is 24.6 Å². The van der Waals surface area contributed by atoms with Gasteiger partial charge in [0.1, 0.15) is 11.6 Å². The molecule has 198 valence electrons. The van der Waals surface area contributed by atoms with E-state index in [4.69, 9.17) is 4.98 Å². The van der Waals surface area contributed by atoms with Crippen molar-refractivity contribution in [1.82, 2.24) is 28.5 Å². The number of aromatic nitrogens is 6. The van der Waals surface area contributed by atoms with Crippen molar-refractivity contribution < 1.29 is 9.50 Å². The van der Waals surface area contributed by atoms with Gasteiger partial charge in [0.25, 0.3) is 0 Å². The Kier molecular flexibility index (Phi) is 5.33. The van der Waals surface area contributed by atoms with Crippen molar-refractivity contribution in [3.8, 4) is 16.8 Å². The number of fused-ring (bicyclic) bond motifs is 2. The van der Waals surface area contributed by atoms with Gasteiger partial charge in [-0.2, -0.15) is 5.10 Å². The zero-order valence-corrected chi connectivity index (χ0v) is 22.5. The molecule has 4 heterocycles. The number of β-amino-alcohol motifs (C(OH)–C–C–N with tert-alkyl or cyclic N) is 1. The number of nitrogens with zero attached hydrogens (tertiary/aromatic N) is 7. The van der Waals surface area contributed by atoms with E-state index < -0.39 is 6.10 Å². The van der Waals surface area contributed by atoms with Gasteiger partial charge in [0.2, 0.25) is 0 Å². The number of rotatable bonds is 3. The topological polar surface area (TPSA) is 86.0 Å². The summed E-state index contributed by atoms with van der Waals surface area (Å²) in [6.07, 6.45) is 3.67. The number of aliphatic hydroxyl groups is 1. The van der Waals surface area contributed by atoms with E-state index in [0.717, 1.165) is 28.2 Å². The molecule has 1 atom stereocenters. The maximum atomic E-state index is 15.6. The molecule has 6 rings (SSSR count). The van der Waals surface area contributed by atoms with Crippen LogP contribution < -0.4 is 10.6 Å². The number of anilines is 1. The predicted octanol–water partition coefficient (Wildman–Crippen LogP) is 3.62. The fourth-order valence-electron chi connectivity index (χ4n) is 5.59. The highest BCUT2D eigenvalue weighted by atomic mass is 19.1. The zero-order chi connectivity index (χ0) is 27.1. The summed E-state index contributed by atoms with van der Waals surface area (Å²) in [5.41, 5.74) is 5.20. The van der Waals surface area contributed by atoms with Crippen LogP contribution in [0.1, 0.15) is 33.0 Å². The Morgan fingerprint density at radius 3 is 2.45 bits per heavy atom. The normalized spacial score (nSPS) is 16.4. The summed E-state index contributed by atoms with van der Waals surface area (Å²) < 4.78 is 22.5. The standard InChI is InChI=1S/C28H32FN7O2/c1-28(2,3)26-31-21-11-19(16-13-30-32(4)14-16)20(29)12-22(21)36(26)17-9-23-25(34(6)27(38)33(23)5)24(10-17)35-8-7-18(37)15-35/h9-14,18,37H,7-8,15H2,1-6H3. The molecule has 0 aliphatic carbocycles. The van der Waals surface area contributed by atoms with Gasteiger partial charge in [-0.25, -0.2) is 14.2 Å². The lowest BCUT2D eigenvalue weighted by Crippen LogP contribution is -2.23. The number of hydrogen-bond donors (Lipinski definition) is 1. The SMILES string of the molecule is Cn1cc(-c2cc3nc(C(C)(C)C)n(-c4cc(N5CCC(O)C5)c5c(c4)n(C)c(=O)n5C)c3cc2F)cn1. The van der Waals surface area contributed by atoms with Crippen molar-refractivity contribution in [1.29, 1.82) is 0 Å². The maximum absolute atomic E-state index is 15.6. The van der Waals surface area contributed by atoms with Crippen LogP contribution in [-0.2, 0) is 26.6 Å². The summed E-state index contributed by atoms with van der Waals surface area (Å²) in [6.45, 7) is 7.41. The fraction of sp³-hybridized carbons (Fsp3) is 0.393. The first-order valence-electron chi connectivity index (χ1n) is 12.8. The van der Waals surface area contributed by atoms with Crippen molar-refractivity contribution in [3.63, 3.8) is 0 Å². The number of benzene rings is 2. The van der Waals surface area contributed by atoms with Gasteiger partial charge in [0.15, 0.2) is 0 Å². The van der Waals surface area contributed by atoms with Gasteiger partial charge in [0.05, 0.1) is 45.7 Å². The average molecular weight is 518 g/mol. The molecule has 10 heteroatoms. The molecule has 1 fully saturated rings. The van der Waals surface area contributed by atoms with Gasteiger partial charge in [-0.3, -0.25) is 18.4 Å². The van der Waals surface area contributed by atoms with Crippen LogP contribution in [0.3, 0.4) is 0 Å². The van der Waals surface area contributed by atoms with Crippen LogP contribution in [0.2, 0.25) is 0 Å². The molecule has 0 amide bonds. The van der Waals surface area contributed by atoms with Gasteiger partial charge >= 0.3 is 5.69 Å². The lowest BCUT2D eigenvalue weighted by Gasteiger charge is -2.24. The van der Waals surface area contributed by atoms with E-state index in [2.05, 4.69) is 30.8 Å². The van der Waals surface area contributed by atoms with E-state index in [9.17, 15) is 9.90 Å². The number of halogens is 1. The minimum absolute atomic E-state index is 0.128. The summed E-state index contributed by atoms with van der Waals surface area (Å²) in [5.74, 6) is 0.422. The second-order valence-electron chi connectivity index (χ2n) is 11.4. The number of imidazole rings is 2. The monoisotopic (exact) mass is 517 g/mol. The van der Waals surface area contributed by atoms with Crippen LogP contribution in [0, 0.1) is 5.82 Å². The molecule has 38 heavy (non-hydrogen) atoms. The molecule has 5 aromatic rings. The molecule has 1 N–H and O–H groups in total. The number of aliphatic hydroxyl groups excluding tert-OH is 1. The largest absolute Gasteiger partial charge is 0.391 e. The Morgan fingerprint density at radius 1 is 1.05 bits per heavy atom. The Bertz CT molecular complexity index is 1780. The molecule has 0 bridgehead atoms. The quantitative estimate of drug-likeness (QED) is 0.395. The molecular formula is C28H32FN7O2. The van der Waals surface area contributed by atoms with Crippen molar-refractivity contribution in [2.45, 2.75) is 38.7 Å². The second kappa shape index (κ2) is 8.29. The zero-order valence-electron chi connectivity index (χ0n) is 22.5. The summed E-state index contributed by atoms with van der Waals surface area (Å²) >= 11 is 0. The highest BCUT2D eigenvalue weighted by molar-refractivity contribution is 5.93. The van der Waals surface area contributed by atoms with Gasteiger partial charge in [-0.1, -0.05) is 20.8 Å². The summed E-state index contributed by atoms with van der Waals surface area (Å²) in [5, 5.41) is 14.5. The van der Waals surface area contributed by atoms with E-state index in [-0.39, 0.29) is 16.9 Å². The molecule has 0 saturated carbocycles.